The van der Waals surface area contributed by atoms with Crippen LogP contribution in [0.2, 0.25) is 0 Å². The summed E-state index contributed by atoms with van der Waals surface area (Å²) >= 11 is 0. The van der Waals surface area contributed by atoms with Gasteiger partial charge < -0.3 is 37.2 Å². The minimum absolute atomic E-state index is 0. The van der Waals surface area contributed by atoms with Crippen LogP contribution in [0, 0.1) is 5.41 Å². The van der Waals surface area contributed by atoms with Gasteiger partial charge in [-0.1, -0.05) is 94.8 Å². The van der Waals surface area contributed by atoms with Crippen LogP contribution in [0.1, 0.15) is 49.9 Å². The fourth-order valence-electron chi connectivity index (χ4n) is 4.12. The molecule has 0 aliphatic carbocycles. The second-order valence-corrected chi connectivity index (χ2v) is 7.59. The third-order valence-corrected chi connectivity index (χ3v) is 5.20. The molecule has 0 spiro atoms. The number of hydrogen-bond acceptors (Lipinski definition) is 0. The molecule has 0 fully saturated rings. The number of halogens is 3. The van der Waals surface area contributed by atoms with Crippen molar-refractivity contribution < 1.29 is 58.9 Å². The molecule has 0 saturated carbocycles. The third kappa shape index (κ3) is 5.29. The van der Waals surface area contributed by atoms with Crippen LogP contribution < -0.4 is 37.2 Å². The van der Waals surface area contributed by atoms with E-state index in [2.05, 4.69) is 107 Å². The van der Waals surface area contributed by atoms with Gasteiger partial charge in [0, 0.05) is 5.41 Å². The molecule has 0 saturated heterocycles. The van der Waals surface area contributed by atoms with Gasteiger partial charge in [-0.25, -0.2) is 6.07 Å². The van der Waals surface area contributed by atoms with Gasteiger partial charge in [-0.2, -0.15) is 17.7 Å². The first-order valence-corrected chi connectivity index (χ1v) is 8.87. The maximum absolute atomic E-state index is 2.39. The Morgan fingerprint density at radius 3 is 1.46 bits per heavy atom. The normalized spacial score (nSPS) is 10.6. The molecule has 3 aromatic carbocycles. The molecular weight excluding hydrogens is 442 g/mol. The fraction of sp³-hybridized carbons (Fsp3) is 0.292. The molecule has 0 radical (unpaired) electrons. The predicted molar refractivity (Wildman–Crippen MR) is 104 cm³/mol. The second kappa shape index (κ2) is 12.2. The Kier molecular flexibility index (Phi) is 12.8. The monoisotopic (exact) mass is 468 g/mol. The largest absolute Gasteiger partial charge is 4.00 e. The van der Waals surface area contributed by atoms with Crippen LogP contribution in [0.3, 0.4) is 0 Å². The summed E-state index contributed by atoms with van der Waals surface area (Å²) in [6.45, 7) is 9.28. The van der Waals surface area contributed by atoms with Crippen molar-refractivity contribution in [3.05, 3.63) is 101 Å². The van der Waals surface area contributed by atoms with Gasteiger partial charge in [0.15, 0.2) is 0 Å². The maximum atomic E-state index is 2.39. The van der Waals surface area contributed by atoms with E-state index in [0.717, 1.165) is 6.42 Å². The van der Waals surface area contributed by atoms with Gasteiger partial charge in [-0.15, -0.1) is 5.56 Å². The van der Waals surface area contributed by atoms with E-state index in [9.17, 15) is 0 Å². The summed E-state index contributed by atoms with van der Waals surface area (Å²) in [7, 11) is 0. The molecule has 0 bridgehead atoms. The minimum Gasteiger partial charge on any atom is -1.00 e. The van der Waals surface area contributed by atoms with Crippen molar-refractivity contribution in [2.75, 3.05) is 0 Å². The third-order valence-electron chi connectivity index (χ3n) is 5.20. The van der Waals surface area contributed by atoms with Crippen molar-refractivity contribution in [3.8, 4) is 0 Å². The second-order valence-electron chi connectivity index (χ2n) is 7.59. The van der Waals surface area contributed by atoms with Crippen molar-refractivity contribution in [2.24, 2.45) is 5.41 Å². The molecule has 0 aliphatic rings. The zero-order valence-corrected chi connectivity index (χ0v) is 20.7. The van der Waals surface area contributed by atoms with E-state index in [1.807, 2.05) is 0 Å². The number of hydrogen-bond donors (Lipinski definition) is 0. The van der Waals surface area contributed by atoms with Crippen molar-refractivity contribution in [1.82, 2.24) is 0 Å². The molecule has 148 valence electrons. The van der Waals surface area contributed by atoms with Crippen LogP contribution in [0.4, 0.5) is 0 Å². The standard InChI is InChI=1S/C24H27.3ClH.Ti/c1-5-19-16-17-22(18-19)24(23(2,3)4,20-12-8-6-9-13-20)21-14-10-7-11-15-21;;;;/h6-18H,5H2,1-4H3;3*1H;/q-1;;;;+4/p-3. The van der Waals surface area contributed by atoms with Crippen LogP contribution in [-0.4, -0.2) is 0 Å². The summed E-state index contributed by atoms with van der Waals surface area (Å²) in [4.78, 5) is 0. The van der Waals surface area contributed by atoms with Gasteiger partial charge in [0.1, 0.15) is 0 Å². The molecule has 0 amide bonds. The Morgan fingerprint density at radius 2 is 1.14 bits per heavy atom. The summed E-state index contributed by atoms with van der Waals surface area (Å²) in [5.41, 5.74) is 5.39. The summed E-state index contributed by atoms with van der Waals surface area (Å²) in [6, 6.07) is 28.9. The summed E-state index contributed by atoms with van der Waals surface area (Å²) in [5, 5.41) is 0. The van der Waals surface area contributed by atoms with Gasteiger partial charge in [0.25, 0.3) is 0 Å². The molecule has 0 nitrogen and oxygen atoms in total. The zero-order chi connectivity index (χ0) is 17.2. The number of aryl methyl sites for hydroxylation is 1. The van der Waals surface area contributed by atoms with E-state index in [4.69, 9.17) is 0 Å². The first-order valence-electron chi connectivity index (χ1n) is 8.87. The van der Waals surface area contributed by atoms with Crippen molar-refractivity contribution in [3.63, 3.8) is 0 Å². The Balaban J connectivity index is 0. The van der Waals surface area contributed by atoms with E-state index in [1.165, 1.54) is 22.3 Å². The molecule has 0 unspecified atom stereocenters. The van der Waals surface area contributed by atoms with Crippen LogP contribution in [0.15, 0.2) is 78.9 Å². The van der Waals surface area contributed by atoms with Crippen LogP contribution in [0.5, 0.6) is 0 Å². The van der Waals surface area contributed by atoms with Crippen LogP contribution in [0.25, 0.3) is 0 Å². The topological polar surface area (TPSA) is 0 Å². The van der Waals surface area contributed by atoms with E-state index in [1.54, 1.807) is 0 Å². The Bertz CT molecular complexity index is 750. The summed E-state index contributed by atoms with van der Waals surface area (Å²) in [6.07, 6.45) is 1.07. The van der Waals surface area contributed by atoms with Crippen LogP contribution in [-0.2, 0) is 33.6 Å². The molecule has 0 aromatic heterocycles. The smallest absolute Gasteiger partial charge is 1.00 e. The number of rotatable bonds is 4. The molecule has 0 N–H and O–H groups in total. The van der Waals surface area contributed by atoms with E-state index < -0.39 is 0 Å². The van der Waals surface area contributed by atoms with Crippen LogP contribution >= 0.6 is 0 Å². The van der Waals surface area contributed by atoms with E-state index >= 15 is 0 Å². The molecule has 28 heavy (non-hydrogen) atoms. The molecule has 3 rings (SSSR count). The summed E-state index contributed by atoms with van der Waals surface area (Å²) in [5.74, 6) is 0. The first-order chi connectivity index (χ1) is 11.5. The van der Waals surface area contributed by atoms with Crippen molar-refractivity contribution in [1.29, 1.82) is 0 Å². The van der Waals surface area contributed by atoms with Gasteiger partial charge >= 0.3 is 21.7 Å². The average Bonchev–Trinajstić information content (AvgIpc) is 3.05. The maximum Gasteiger partial charge on any atom is 4.00 e. The molecule has 0 atom stereocenters. The molecule has 0 aliphatic heterocycles. The first kappa shape index (κ1) is 29.6. The summed E-state index contributed by atoms with van der Waals surface area (Å²) < 4.78 is 0. The molecule has 4 heteroatoms. The van der Waals surface area contributed by atoms with Gasteiger partial charge in [-0.05, 0) is 16.5 Å². The quantitative estimate of drug-likeness (QED) is 0.290. The molecule has 0 heterocycles. The Morgan fingerprint density at radius 1 is 0.714 bits per heavy atom. The van der Waals surface area contributed by atoms with E-state index in [0.29, 0.717) is 0 Å². The Hall–Kier alpha value is -0.626. The predicted octanol–water partition coefficient (Wildman–Crippen LogP) is -2.64. The van der Waals surface area contributed by atoms with Crippen molar-refractivity contribution >= 4 is 0 Å². The van der Waals surface area contributed by atoms with Gasteiger partial charge in [0.05, 0.1) is 0 Å². The average molecular weight is 470 g/mol. The van der Waals surface area contributed by atoms with E-state index in [-0.39, 0.29) is 69.8 Å². The molecular formula is C24H27Cl3Ti. The zero-order valence-electron chi connectivity index (χ0n) is 16.8. The SMILES string of the molecule is CCc1cc[c-](C(c2ccccc2)(c2ccccc2)C(C)(C)C)c1.[Cl-].[Cl-].[Cl-].[Ti+4]. The van der Waals surface area contributed by atoms with Gasteiger partial charge in [-0.3, -0.25) is 0 Å². The number of benzene rings is 2. The minimum atomic E-state index is -0.164. The van der Waals surface area contributed by atoms with Crippen molar-refractivity contribution in [2.45, 2.75) is 39.5 Å². The Labute approximate surface area is 204 Å². The molecule has 3 aromatic rings. The fourth-order valence-corrected chi connectivity index (χ4v) is 4.12. The van der Waals surface area contributed by atoms with Gasteiger partial charge in [0.2, 0.25) is 0 Å².